The highest BCUT2D eigenvalue weighted by Crippen LogP contribution is 2.29. The van der Waals surface area contributed by atoms with Crippen LogP contribution in [-0.2, 0) is 6.42 Å². The van der Waals surface area contributed by atoms with E-state index in [1.807, 2.05) is 11.4 Å². The predicted octanol–water partition coefficient (Wildman–Crippen LogP) is 4.54. The monoisotopic (exact) mass is 330 g/mol. The molecule has 1 atom stereocenters. The second kappa shape index (κ2) is 5.71. The number of halogens is 4. The highest BCUT2D eigenvalue weighted by atomic mass is 79.9. The van der Waals surface area contributed by atoms with E-state index in [1.165, 1.54) is 11.3 Å². The second-order valence-electron chi connectivity index (χ2n) is 4.37. The zero-order valence-corrected chi connectivity index (χ0v) is 11.8. The molecule has 0 amide bonds. The van der Waals surface area contributed by atoms with Crippen LogP contribution in [0.25, 0.3) is 0 Å². The second-order valence-corrected chi connectivity index (χ2v) is 6.29. The summed E-state index contributed by atoms with van der Waals surface area (Å²) in [6, 6.07) is 1.88. The van der Waals surface area contributed by atoms with Crippen molar-refractivity contribution in [2.24, 2.45) is 0 Å². The molecule has 1 heterocycles. The van der Waals surface area contributed by atoms with Gasteiger partial charge in [0, 0.05) is 27.6 Å². The van der Waals surface area contributed by atoms with Crippen LogP contribution in [0.3, 0.4) is 0 Å². The molecule has 0 aliphatic rings. The minimum Gasteiger partial charge on any atom is -0.390 e. The lowest BCUT2D eigenvalue weighted by molar-refractivity contribution is -0.137. The Balaban J connectivity index is 2.41. The normalized spacial score (nSPS) is 15.9. The number of aliphatic hydroxyl groups is 1. The molecule has 1 unspecified atom stereocenters. The number of hydrogen-bond acceptors (Lipinski definition) is 2. The predicted molar refractivity (Wildman–Crippen MR) is 66.3 cm³/mol. The molecular weight excluding hydrogens is 317 g/mol. The van der Waals surface area contributed by atoms with Crippen LogP contribution >= 0.6 is 27.3 Å². The molecule has 1 rings (SSSR count). The van der Waals surface area contributed by atoms with E-state index in [-0.39, 0.29) is 12.8 Å². The van der Waals surface area contributed by atoms with Crippen LogP contribution in [0.4, 0.5) is 13.2 Å². The van der Waals surface area contributed by atoms with Gasteiger partial charge >= 0.3 is 6.18 Å². The summed E-state index contributed by atoms with van der Waals surface area (Å²) < 4.78 is 36.9. The zero-order valence-electron chi connectivity index (χ0n) is 9.35. The first-order valence-electron chi connectivity index (χ1n) is 5.20. The van der Waals surface area contributed by atoms with E-state index in [0.717, 1.165) is 9.35 Å². The van der Waals surface area contributed by atoms with Gasteiger partial charge in [0.1, 0.15) is 0 Å². The molecule has 0 aliphatic heterocycles. The van der Waals surface area contributed by atoms with Crippen molar-refractivity contribution in [3.05, 3.63) is 20.8 Å². The van der Waals surface area contributed by atoms with Gasteiger partial charge in [-0.1, -0.05) is 0 Å². The first kappa shape index (κ1) is 15.0. The minimum absolute atomic E-state index is 0.0386. The van der Waals surface area contributed by atoms with Gasteiger partial charge in [-0.3, -0.25) is 0 Å². The summed E-state index contributed by atoms with van der Waals surface area (Å²) in [5, 5.41) is 11.9. The maximum atomic E-state index is 12.0. The fraction of sp³-hybridized carbons (Fsp3) is 0.636. The molecular formula is C11H14BrF3OS. The molecule has 0 saturated carbocycles. The summed E-state index contributed by atoms with van der Waals surface area (Å²) >= 11 is 4.78. The topological polar surface area (TPSA) is 20.2 Å². The van der Waals surface area contributed by atoms with E-state index < -0.39 is 18.2 Å². The number of alkyl halides is 3. The van der Waals surface area contributed by atoms with E-state index in [9.17, 15) is 18.3 Å². The number of hydrogen-bond donors (Lipinski definition) is 1. The first-order valence-corrected chi connectivity index (χ1v) is 6.87. The molecule has 0 fully saturated rings. The Labute approximate surface area is 111 Å². The van der Waals surface area contributed by atoms with Gasteiger partial charge in [0.05, 0.1) is 5.60 Å². The first-order chi connectivity index (χ1) is 7.68. The molecule has 1 N–H and O–H groups in total. The summed E-state index contributed by atoms with van der Waals surface area (Å²) in [7, 11) is 0. The average molecular weight is 331 g/mol. The van der Waals surface area contributed by atoms with Gasteiger partial charge in [-0.15, -0.1) is 11.3 Å². The van der Waals surface area contributed by atoms with Crippen molar-refractivity contribution < 1.29 is 18.3 Å². The summed E-state index contributed by atoms with van der Waals surface area (Å²) in [4.78, 5) is 0.967. The van der Waals surface area contributed by atoms with Gasteiger partial charge in [0.2, 0.25) is 0 Å². The molecule has 1 nitrogen and oxygen atoms in total. The lowest BCUT2D eigenvalue weighted by Crippen LogP contribution is -2.27. The molecule has 0 aliphatic carbocycles. The van der Waals surface area contributed by atoms with Crippen molar-refractivity contribution in [2.75, 3.05) is 0 Å². The van der Waals surface area contributed by atoms with E-state index >= 15 is 0 Å². The Bertz CT molecular complexity index is 360. The zero-order chi connectivity index (χ0) is 13.1. The van der Waals surface area contributed by atoms with Crippen LogP contribution in [0.1, 0.15) is 31.1 Å². The van der Waals surface area contributed by atoms with Crippen molar-refractivity contribution in [3.8, 4) is 0 Å². The Kier molecular flexibility index (Phi) is 5.04. The third-order valence-corrected chi connectivity index (χ3v) is 4.05. The van der Waals surface area contributed by atoms with Crippen LogP contribution in [0, 0.1) is 0 Å². The van der Waals surface area contributed by atoms with E-state index in [4.69, 9.17) is 0 Å². The average Bonchev–Trinajstić information content (AvgIpc) is 2.47. The molecule has 0 spiro atoms. The maximum Gasteiger partial charge on any atom is 0.389 e. The fourth-order valence-electron chi connectivity index (χ4n) is 1.58. The Hall–Kier alpha value is -0.0700. The number of thiophene rings is 1. The lowest BCUT2D eigenvalue weighted by Gasteiger charge is -2.22. The van der Waals surface area contributed by atoms with Gasteiger partial charge in [-0.05, 0) is 41.8 Å². The Morgan fingerprint density at radius 1 is 1.35 bits per heavy atom. The van der Waals surface area contributed by atoms with Crippen molar-refractivity contribution in [1.29, 1.82) is 0 Å². The highest BCUT2D eigenvalue weighted by molar-refractivity contribution is 9.10. The SMILES string of the molecule is CC(O)(CCCC(F)(F)F)Cc1cc(Br)cs1. The van der Waals surface area contributed by atoms with Crippen LogP contribution in [0.5, 0.6) is 0 Å². The molecule has 0 radical (unpaired) electrons. The van der Waals surface area contributed by atoms with E-state index in [1.54, 1.807) is 6.92 Å². The smallest absolute Gasteiger partial charge is 0.389 e. The van der Waals surface area contributed by atoms with Crippen molar-refractivity contribution in [3.63, 3.8) is 0 Å². The molecule has 0 bridgehead atoms. The largest absolute Gasteiger partial charge is 0.390 e. The van der Waals surface area contributed by atoms with Gasteiger partial charge in [-0.25, -0.2) is 0 Å². The Morgan fingerprint density at radius 2 is 2.00 bits per heavy atom. The van der Waals surface area contributed by atoms with Crippen LogP contribution in [0.15, 0.2) is 15.9 Å². The maximum absolute atomic E-state index is 12.0. The summed E-state index contributed by atoms with van der Waals surface area (Å²) in [6.45, 7) is 1.58. The van der Waals surface area contributed by atoms with Crippen LogP contribution in [0.2, 0.25) is 0 Å². The van der Waals surface area contributed by atoms with Crippen LogP contribution < -0.4 is 0 Å². The summed E-state index contributed by atoms with van der Waals surface area (Å²) in [6.07, 6.45) is -4.47. The van der Waals surface area contributed by atoms with Gasteiger partial charge in [-0.2, -0.15) is 13.2 Å². The fourth-order valence-corrected chi connectivity index (χ4v) is 3.21. The third-order valence-electron chi connectivity index (χ3n) is 2.35. The summed E-state index contributed by atoms with van der Waals surface area (Å²) in [5.41, 5.74) is -1.07. The molecule has 1 aromatic rings. The molecule has 17 heavy (non-hydrogen) atoms. The highest BCUT2D eigenvalue weighted by Gasteiger charge is 2.29. The van der Waals surface area contributed by atoms with Gasteiger partial charge < -0.3 is 5.11 Å². The summed E-state index contributed by atoms with van der Waals surface area (Å²) in [5.74, 6) is 0. The molecule has 1 aromatic heterocycles. The van der Waals surface area contributed by atoms with Crippen molar-refractivity contribution in [1.82, 2.24) is 0 Å². The van der Waals surface area contributed by atoms with Gasteiger partial charge in [0.15, 0.2) is 0 Å². The molecule has 0 saturated heterocycles. The number of rotatable bonds is 5. The quantitative estimate of drug-likeness (QED) is 0.840. The van der Waals surface area contributed by atoms with Crippen molar-refractivity contribution in [2.45, 2.75) is 44.4 Å². The standard InChI is InChI=1S/C11H14BrF3OS/c1-10(16,3-2-4-11(13,14)15)6-9-5-8(12)7-17-9/h5,7,16H,2-4,6H2,1H3. The Morgan fingerprint density at radius 3 is 2.47 bits per heavy atom. The van der Waals surface area contributed by atoms with Crippen molar-refractivity contribution >= 4 is 27.3 Å². The molecule has 0 aromatic carbocycles. The molecule has 6 heteroatoms. The van der Waals surface area contributed by atoms with Crippen LogP contribution in [-0.4, -0.2) is 16.9 Å². The van der Waals surface area contributed by atoms with Gasteiger partial charge in [0.25, 0.3) is 0 Å². The molecule has 98 valence electrons. The minimum atomic E-state index is -4.14. The third kappa shape index (κ3) is 6.43. The lowest BCUT2D eigenvalue weighted by atomic mass is 9.94. The van der Waals surface area contributed by atoms with E-state index in [0.29, 0.717) is 6.42 Å². The van der Waals surface area contributed by atoms with E-state index in [2.05, 4.69) is 15.9 Å².